The molecule has 2 rings (SSSR count). The summed E-state index contributed by atoms with van der Waals surface area (Å²) in [6, 6.07) is 6.38. The molecule has 5 nitrogen and oxygen atoms in total. The quantitative estimate of drug-likeness (QED) is 0.812. The molecule has 0 aliphatic carbocycles. The third-order valence-electron chi connectivity index (χ3n) is 2.82. The zero-order valence-corrected chi connectivity index (χ0v) is 11.9. The number of nitrogens with one attached hydrogen (secondary N) is 2. The van der Waals surface area contributed by atoms with E-state index in [1.165, 1.54) is 25.3 Å². The molecule has 1 unspecified atom stereocenters. The van der Waals surface area contributed by atoms with Crippen molar-refractivity contribution in [2.45, 2.75) is 12.5 Å². The van der Waals surface area contributed by atoms with E-state index in [0.29, 0.717) is 10.8 Å². The number of urea groups is 1. The van der Waals surface area contributed by atoms with Gasteiger partial charge in [0.2, 0.25) is 0 Å². The number of furan rings is 1. The van der Waals surface area contributed by atoms with Crippen LogP contribution < -0.4 is 10.6 Å². The molecule has 21 heavy (non-hydrogen) atoms. The van der Waals surface area contributed by atoms with Crippen molar-refractivity contribution in [2.24, 2.45) is 0 Å². The van der Waals surface area contributed by atoms with Gasteiger partial charge in [0, 0.05) is 5.02 Å². The van der Waals surface area contributed by atoms with E-state index < -0.39 is 17.4 Å². The minimum atomic E-state index is -1.37. The fraction of sp³-hybridized carbons (Fsp3) is 0.214. The molecule has 2 aromatic rings. The Hall–Kier alpha value is -2.05. The normalized spacial score (nSPS) is 13.5. The number of halogens is 2. The van der Waals surface area contributed by atoms with Crippen molar-refractivity contribution < 1.29 is 18.7 Å². The van der Waals surface area contributed by atoms with Crippen molar-refractivity contribution in [1.29, 1.82) is 0 Å². The molecule has 1 aromatic carbocycles. The molecule has 0 spiro atoms. The van der Waals surface area contributed by atoms with Crippen LogP contribution in [0.1, 0.15) is 12.7 Å². The summed E-state index contributed by atoms with van der Waals surface area (Å²) in [6.45, 7) is 1.39. The Kier molecular flexibility index (Phi) is 4.50. The molecular weight excluding hydrogens is 299 g/mol. The van der Waals surface area contributed by atoms with Gasteiger partial charge in [-0.2, -0.15) is 0 Å². The molecule has 0 aliphatic rings. The van der Waals surface area contributed by atoms with Crippen molar-refractivity contribution in [1.82, 2.24) is 5.32 Å². The molecule has 0 fully saturated rings. The first-order valence-electron chi connectivity index (χ1n) is 6.15. The van der Waals surface area contributed by atoms with E-state index in [1.54, 1.807) is 12.1 Å². The number of rotatable bonds is 4. The van der Waals surface area contributed by atoms with Crippen LogP contribution in [0.15, 0.2) is 41.0 Å². The van der Waals surface area contributed by atoms with E-state index in [9.17, 15) is 14.3 Å². The van der Waals surface area contributed by atoms with Gasteiger partial charge < -0.3 is 20.2 Å². The number of carbonyl (C=O) groups excluding carboxylic acids is 1. The highest BCUT2D eigenvalue weighted by Gasteiger charge is 2.26. The Bertz CT molecular complexity index is 629. The summed E-state index contributed by atoms with van der Waals surface area (Å²) in [4.78, 5) is 11.7. The fourth-order valence-electron chi connectivity index (χ4n) is 1.68. The second kappa shape index (κ2) is 6.15. The maximum Gasteiger partial charge on any atom is 0.319 e. The highest BCUT2D eigenvalue weighted by Crippen LogP contribution is 2.21. The molecule has 2 amide bonds. The van der Waals surface area contributed by atoms with Crippen LogP contribution in [0.3, 0.4) is 0 Å². The fourth-order valence-corrected chi connectivity index (χ4v) is 1.86. The number of amides is 2. The molecule has 7 heteroatoms. The van der Waals surface area contributed by atoms with Crippen LogP contribution in [0.25, 0.3) is 0 Å². The van der Waals surface area contributed by atoms with E-state index in [2.05, 4.69) is 10.6 Å². The Balaban J connectivity index is 1.95. The number of carbonyl (C=O) groups is 1. The first-order chi connectivity index (χ1) is 9.88. The van der Waals surface area contributed by atoms with Gasteiger partial charge in [-0.15, -0.1) is 0 Å². The van der Waals surface area contributed by atoms with Gasteiger partial charge in [-0.1, -0.05) is 11.6 Å². The molecule has 1 heterocycles. The van der Waals surface area contributed by atoms with Crippen LogP contribution >= 0.6 is 11.6 Å². The van der Waals surface area contributed by atoms with Gasteiger partial charge in [0.1, 0.15) is 17.2 Å². The van der Waals surface area contributed by atoms with Crippen molar-refractivity contribution >= 4 is 23.3 Å². The van der Waals surface area contributed by atoms with Crippen LogP contribution in [0.4, 0.5) is 14.9 Å². The lowest BCUT2D eigenvalue weighted by Crippen LogP contribution is -2.40. The first-order valence-corrected chi connectivity index (χ1v) is 6.52. The number of benzene rings is 1. The Morgan fingerprint density at radius 1 is 1.48 bits per heavy atom. The summed E-state index contributed by atoms with van der Waals surface area (Å²) < 4.78 is 18.5. The van der Waals surface area contributed by atoms with Crippen LogP contribution in [-0.4, -0.2) is 17.7 Å². The van der Waals surface area contributed by atoms with Crippen molar-refractivity contribution in [2.75, 3.05) is 11.9 Å². The van der Waals surface area contributed by atoms with Gasteiger partial charge in [0.25, 0.3) is 0 Å². The van der Waals surface area contributed by atoms with Gasteiger partial charge in [0.15, 0.2) is 0 Å². The Labute approximate surface area is 125 Å². The summed E-state index contributed by atoms with van der Waals surface area (Å²) in [5.41, 5.74) is -1.41. The molecule has 0 saturated heterocycles. The van der Waals surface area contributed by atoms with Crippen LogP contribution in [-0.2, 0) is 5.60 Å². The number of hydrogen-bond donors (Lipinski definition) is 3. The second-order valence-corrected chi connectivity index (χ2v) is 5.12. The summed E-state index contributed by atoms with van der Waals surface area (Å²) in [6.07, 6.45) is 1.42. The molecular formula is C14H14ClFN2O3. The minimum absolute atomic E-state index is 0.0439. The average Bonchev–Trinajstić information content (AvgIpc) is 2.96. The third kappa shape index (κ3) is 3.96. The van der Waals surface area contributed by atoms with Crippen molar-refractivity contribution in [3.8, 4) is 0 Å². The topological polar surface area (TPSA) is 74.5 Å². The zero-order chi connectivity index (χ0) is 15.5. The third-order valence-corrected chi connectivity index (χ3v) is 3.06. The molecule has 0 aliphatic heterocycles. The van der Waals surface area contributed by atoms with Gasteiger partial charge in [0.05, 0.1) is 18.5 Å². The average molecular weight is 313 g/mol. The predicted molar refractivity (Wildman–Crippen MR) is 76.7 cm³/mol. The van der Waals surface area contributed by atoms with Crippen LogP contribution in [0.2, 0.25) is 5.02 Å². The summed E-state index contributed by atoms with van der Waals surface area (Å²) >= 11 is 5.73. The maximum absolute atomic E-state index is 13.5. The first kappa shape index (κ1) is 15.3. The van der Waals surface area contributed by atoms with Crippen molar-refractivity contribution in [3.63, 3.8) is 0 Å². The smallest absolute Gasteiger partial charge is 0.319 e. The lowest BCUT2D eigenvalue weighted by Gasteiger charge is -2.21. The Morgan fingerprint density at radius 3 is 2.90 bits per heavy atom. The van der Waals surface area contributed by atoms with E-state index in [4.69, 9.17) is 16.0 Å². The predicted octanol–water partition coefficient (Wildman–Crippen LogP) is 3.10. The highest BCUT2D eigenvalue weighted by atomic mass is 35.5. The van der Waals surface area contributed by atoms with Crippen molar-refractivity contribution in [3.05, 3.63) is 53.2 Å². The molecule has 112 valence electrons. The Morgan fingerprint density at radius 2 is 2.24 bits per heavy atom. The van der Waals surface area contributed by atoms with E-state index in [-0.39, 0.29) is 12.2 Å². The standard InChI is InChI=1S/C14H14ClFN2O3/c1-14(20,12-3-2-6-21-12)8-17-13(19)18-11-7-9(15)4-5-10(11)16/h2-7,20H,8H2,1H3,(H2,17,18,19). The molecule has 0 bridgehead atoms. The summed E-state index contributed by atoms with van der Waals surface area (Å²) in [5.74, 6) is -0.288. The van der Waals surface area contributed by atoms with Gasteiger partial charge in [-0.05, 0) is 37.3 Å². The van der Waals surface area contributed by atoms with E-state index in [0.717, 1.165) is 6.07 Å². The largest absolute Gasteiger partial charge is 0.466 e. The molecule has 0 radical (unpaired) electrons. The van der Waals surface area contributed by atoms with E-state index >= 15 is 0 Å². The number of anilines is 1. The molecule has 0 saturated carbocycles. The molecule has 3 N–H and O–H groups in total. The second-order valence-electron chi connectivity index (χ2n) is 4.68. The lowest BCUT2D eigenvalue weighted by molar-refractivity contribution is 0.0372. The lowest BCUT2D eigenvalue weighted by atomic mass is 10.0. The maximum atomic E-state index is 13.5. The molecule has 1 aromatic heterocycles. The SMILES string of the molecule is CC(O)(CNC(=O)Nc1cc(Cl)ccc1F)c1ccco1. The van der Waals surface area contributed by atoms with Gasteiger partial charge >= 0.3 is 6.03 Å². The summed E-state index contributed by atoms with van der Waals surface area (Å²) in [5, 5.41) is 15.2. The zero-order valence-electron chi connectivity index (χ0n) is 11.2. The number of aliphatic hydroxyl groups is 1. The summed E-state index contributed by atoms with van der Waals surface area (Å²) in [7, 11) is 0. The molecule has 1 atom stereocenters. The van der Waals surface area contributed by atoms with Gasteiger partial charge in [-0.25, -0.2) is 9.18 Å². The van der Waals surface area contributed by atoms with E-state index in [1.807, 2.05) is 0 Å². The minimum Gasteiger partial charge on any atom is -0.466 e. The van der Waals surface area contributed by atoms with Crippen LogP contribution in [0.5, 0.6) is 0 Å². The van der Waals surface area contributed by atoms with Gasteiger partial charge in [-0.3, -0.25) is 0 Å². The highest BCUT2D eigenvalue weighted by molar-refractivity contribution is 6.30. The monoisotopic (exact) mass is 312 g/mol. The number of hydrogen-bond acceptors (Lipinski definition) is 3. The van der Waals surface area contributed by atoms with Crippen LogP contribution in [0, 0.1) is 5.82 Å².